The molecule has 0 unspecified atom stereocenters. The van der Waals surface area contributed by atoms with Crippen LogP contribution < -0.4 is 5.32 Å². The summed E-state index contributed by atoms with van der Waals surface area (Å²) in [5, 5.41) is 3.35. The number of carbonyl (C=O) groups excluding carboxylic acids is 1. The van der Waals surface area contributed by atoms with Gasteiger partial charge < -0.3 is 0 Å². The largest absolute Gasteiger partial charge is 0.297 e. The van der Waals surface area contributed by atoms with Gasteiger partial charge in [-0.15, -0.1) is 0 Å². The van der Waals surface area contributed by atoms with Crippen molar-refractivity contribution in [1.29, 1.82) is 0 Å². The smallest absolute Gasteiger partial charge is 0.248 e. The van der Waals surface area contributed by atoms with E-state index in [-0.39, 0.29) is 30.7 Å². The lowest BCUT2D eigenvalue weighted by molar-refractivity contribution is -0.0524. The Balaban J connectivity index is 1.38. The van der Waals surface area contributed by atoms with Crippen LogP contribution in [0.15, 0.2) is 30.7 Å². The van der Waals surface area contributed by atoms with E-state index in [0.29, 0.717) is 37.4 Å². The van der Waals surface area contributed by atoms with Gasteiger partial charge in [0.2, 0.25) is 5.92 Å². The van der Waals surface area contributed by atoms with E-state index in [1.165, 1.54) is 6.20 Å². The molecule has 1 saturated heterocycles. The number of aromatic nitrogens is 3. The molecule has 28 heavy (non-hydrogen) atoms. The van der Waals surface area contributed by atoms with Gasteiger partial charge in [-0.2, -0.15) is 0 Å². The topological polar surface area (TPSA) is 71.0 Å². The van der Waals surface area contributed by atoms with Crippen LogP contribution >= 0.6 is 0 Å². The first-order valence-electron chi connectivity index (χ1n) is 9.48. The van der Waals surface area contributed by atoms with Gasteiger partial charge in [0.15, 0.2) is 5.78 Å². The third kappa shape index (κ3) is 3.93. The molecule has 0 amide bonds. The molecule has 0 atom stereocenters. The highest BCUT2D eigenvalue weighted by Gasteiger charge is 2.46. The Morgan fingerprint density at radius 3 is 2.64 bits per heavy atom. The highest BCUT2D eigenvalue weighted by molar-refractivity contribution is 5.95. The summed E-state index contributed by atoms with van der Waals surface area (Å²) in [5.41, 5.74) is 2.42. The number of rotatable bonds is 4. The summed E-state index contributed by atoms with van der Waals surface area (Å²) in [6.07, 6.45) is 5.47. The first-order chi connectivity index (χ1) is 13.4. The minimum atomic E-state index is -2.56. The van der Waals surface area contributed by atoms with Gasteiger partial charge >= 0.3 is 0 Å². The van der Waals surface area contributed by atoms with Crippen molar-refractivity contribution in [2.75, 3.05) is 19.8 Å². The molecular weight excluding hydrogens is 364 g/mol. The SMILES string of the molecule is Cc1ncccc1-c1cnc(C(=O)CN2CNC3(CCC(F)(F)CC3)C2)cn1. The standard InChI is InChI=1S/C20H23F2N5O/c1-14-15(3-2-8-23-14)16-9-25-17(10-24-16)18(28)11-27-12-19(26-13-27)4-6-20(21,22)7-5-19/h2-3,8-10,26H,4-7,11-13H2,1H3. The zero-order valence-electron chi connectivity index (χ0n) is 15.8. The third-order valence-corrected chi connectivity index (χ3v) is 5.73. The molecule has 1 N–H and O–H groups in total. The number of nitrogens with zero attached hydrogens (tertiary/aromatic N) is 4. The van der Waals surface area contributed by atoms with Crippen LogP contribution in [0.1, 0.15) is 41.9 Å². The number of pyridine rings is 1. The van der Waals surface area contributed by atoms with E-state index in [1.807, 2.05) is 24.0 Å². The Morgan fingerprint density at radius 2 is 1.96 bits per heavy atom. The summed E-state index contributed by atoms with van der Waals surface area (Å²) in [6, 6.07) is 3.75. The molecule has 2 aliphatic rings. The Hall–Kier alpha value is -2.32. The molecule has 4 rings (SSSR count). The van der Waals surface area contributed by atoms with E-state index >= 15 is 0 Å². The van der Waals surface area contributed by atoms with Gasteiger partial charge in [-0.1, -0.05) is 0 Å². The van der Waals surface area contributed by atoms with Crippen molar-refractivity contribution in [2.24, 2.45) is 0 Å². The van der Waals surface area contributed by atoms with Gasteiger partial charge in [0.25, 0.3) is 0 Å². The van der Waals surface area contributed by atoms with Gasteiger partial charge in [0.1, 0.15) is 5.69 Å². The zero-order valence-corrected chi connectivity index (χ0v) is 15.8. The first-order valence-corrected chi connectivity index (χ1v) is 9.48. The molecule has 2 aromatic rings. The van der Waals surface area contributed by atoms with Crippen molar-refractivity contribution in [3.63, 3.8) is 0 Å². The fourth-order valence-corrected chi connectivity index (χ4v) is 4.01. The summed E-state index contributed by atoms with van der Waals surface area (Å²) in [4.78, 5) is 27.4. The van der Waals surface area contributed by atoms with Crippen molar-refractivity contribution >= 4 is 5.78 Å². The van der Waals surface area contributed by atoms with E-state index in [4.69, 9.17) is 0 Å². The Kier molecular flexibility index (Phi) is 4.93. The molecule has 2 aromatic heterocycles. The third-order valence-electron chi connectivity index (χ3n) is 5.73. The Morgan fingerprint density at radius 1 is 1.18 bits per heavy atom. The summed E-state index contributed by atoms with van der Waals surface area (Å²) >= 11 is 0. The first kappa shape index (κ1) is 19.0. The number of hydrogen-bond acceptors (Lipinski definition) is 6. The second-order valence-corrected chi connectivity index (χ2v) is 7.80. The molecule has 0 bridgehead atoms. The molecule has 1 saturated carbocycles. The Bertz CT molecular complexity index is 861. The maximum Gasteiger partial charge on any atom is 0.248 e. The fourth-order valence-electron chi connectivity index (χ4n) is 4.01. The van der Waals surface area contributed by atoms with Crippen LogP contribution in [0.5, 0.6) is 0 Å². The predicted octanol–water partition coefficient (Wildman–Crippen LogP) is 2.84. The number of carbonyl (C=O) groups is 1. The molecule has 6 nitrogen and oxygen atoms in total. The van der Waals surface area contributed by atoms with Crippen molar-refractivity contribution in [1.82, 2.24) is 25.2 Å². The maximum atomic E-state index is 13.4. The van der Waals surface area contributed by atoms with Gasteiger partial charge in [-0.3, -0.25) is 25.0 Å². The van der Waals surface area contributed by atoms with Crippen molar-refractivity contribution in [2.45, 2.75) is 44.1 Å². The van der Waals surface area contributed by atoms with Crippen LogP contribution in [0, 0.1) is 6.92 Å². The number of alkyl halides is 2. The predicted molar refractivity (Wildman–Crippen MR) is 100 cm³/mol. The minimum absolute atomic E-state index is 0.0948. The Labute approximate surface area is 162 Å². The lowest BCUT2D eigenvalue weighted by Crippen LogP contribution is -2.48. The van der Waals surface area contributed by atoms with Crippen LogP contribution in [-0.4, -0.2) is 56.9 Å². The molecular formula is C20H23F2N5O. The van der Waals surface area contributed by atoms with E-state index in [0.717, 1.165) is 11.3 Å². The van der Waals surface area contributed by atoms with Gasteiger partial charge in [0, 0.05) is 49.0 Å². The number of ketones is 1. The molecule has 8 heteroatoms. The quantitative estimate of drug-likeness (QED) is 0.814. The highest BCUT2D eigenvalue weighted by atomic mass is 19.3. The van der Waals surface area contributed by atoms with E-state index in [9.17, 15) is 13.6 Å². The molecule has 0 radical (unpaired) electrons. The molecule has 1 aliphatic carbocycles. The summed E-state index contributed by atoms with van der Waals surface area (Å²) < 4.78 is 26.9. The number of nitrogens with one attached hydrogen (secondary N) is 1. The monoisotopic (exact) mass is 387 g/mol. The van der Waals surface area contributed by atoms with Crippen molar-refractivity contribution in [3.8, 4) is 11.3 Å². The zero-order chi connectivity index (χ0) is 19.8. The van der Waals surface area contributed by atoms with Crippen LogP contribution in [0.2, 0.25) is 0 Å². The van der Waals surface area contributed by atoms with E-state index in [2.05, 4.69) is 20.3 Å². The van der Waals surface area contributed by atoms with Gasteiger partial charge in [0.05, 0.1) is 24.6 Å². The summed E-state index contributed by atoms with van der Waals surface area (Å²) in [5.74, 6) is -2.68. The molecule has 1 spiro atoms. The van der Waals surface area contributed by atoms with E-state index in [1.54, 1.807) is 12.4 Å². The summed E-state index contributed by atoms with van der Waals surface area (Å²) in [6.45, 7) is 3.23. The molecule has 148 valence electrons. The highest BCUT2D eigenvalue weighted by Crippen LogP contribution is 2.40. The van der Waals surface area contributed by atoms with Crippen LogP contribution in [0.25, 0.3) is 11.3 Å². The maximum absolute atomic E-state index is 13.4. The summed E-state index contributed by atoms with van der Waals surface area (Å²) in [7, 11) is 0. The second-order valence-electron chi connectivity index (χ2n) is 7.80. The number of aryl methyl sites for hydroxylation is 1. The van der Waals surface area contributed by atoms with Crippen LogP contribution in [-0.2, 0) is 0 Å². The average Bonchev–Trinajstić information content (AvgIpc) is 3.08. The number of Topliss-reactive ketones (excluding diaryl/α,β-unsaturated/α-hetero) is 1. The van der Waals surface area contributed by atoms with E-state index < -0.39 is 5.92 Å². The lowest BCUT2D eigenvalue weighted by Gasteiger charge is -2.37. The number of halogens is 2. The van der Waals surface area contributed by atoms with Crippen molar-refractivity contribution < 1.29 is 13.6 Å². The molecule has 3 heterocycles. The minimum Gasteiger partial charge on any atom is -0.297 e. The fraction of sp³-hybridized carbons (Fsp3) is 0.500. The lowest BCUT2D eigenvalue weighted by atomic mass is 9.80. The average molecular weight is 387 g/mol. The second kappa shape index (κ2) is 7.25. The van der Waals surface area contributed by atoms with Crippen LogP contribution in [0.3, 0.4) is 0 Å². The van der Waals surface area contributed by atoms with Crippen molar-refractivity contribution in [3.05, 3.63) is 42.1 Å². The van der Waals surface area contributed by atoms with Crippen LogP contribution in [0.4, 0.5) is 8.78 Å². The molecule has 0 aromatic carbocycles. The van der Waals surface area contributed by atoms with Gasteiger partial charge in [-0.05, 0) is 31.9 Å². The van der Waals surface area contributed by atoms with Gasteiger partial charge in [-0.25, -0.2) is 13.8 Å². The molecule has 2 fully saturated rings. The molecule has 1 aliphatic heterocycles. The normalized spacial score (nSPS) is 21.1. The number of hydrogen-bond donors (Lipinski definition) is 1.